The maximum Gasteiger partial charge on any atom is 0.0590 e. The van der Waals surface area contributed by atoms with Gasteiger partial charge in [-0.05, 0) is 24.6 Å². The Morgan fingerprint density at radius 1 is 1.38 bits per heavy atom. The van der Waals surface area contributed by atoms with Crippen molar-refractivity contribution in [3.05, 3.63) is 30.1 Å². The van der Waals surface area contributed by atoms with Crippen LogP contribution in [-0.2, 0) is 11.3 Å². The van der Waals surface area contributed by atoms with Gasteiger partial charge in [0.25, 0.3) is 0 Å². The van der Waals surface area contributed by atoms with Crippen molar-refractivity contribution in [1.82, 2.24) is 10.3 Å². The van der Waals surface area contributed by atoms with Crippen LogP contribution in [0.15, 0.2) is 24.5 Å². The predicted molar refractivity (Wildman–Crippen MR) is 52.4 cm³/mol. The number of hydrogen-bond donors (Lipinski definition) is 1. The highest BCUT2D eigenvalue weighted by molar-refractivity contribution is 5.08. The van der Waals surface area contributed by atoms with Crippen LogP contribution in [0.1, 0.15) is 12.5 Å². The molecule has 0 bridgehead atoms. The molecule has 3 heteroatoms. The second-order valence-electron chi connectivity index (χ2n) is 2.73. The third-order valence-corrected chi connectivity index (χ3v) is 1.71. The minimum atomic E-state index is 0.779. The van der Waals surface area contributed by atoms with Crippen LogP contribution >= 0.6 is 0 Å². The van der Waals surface area contributed by atoms with Crippen LogP contribution in [0.3, 0.4) is 0 Å². The molecule has 1 N–H and O–H groups in total. The summed E-state index contributed by atoms with van der Waals surface area (Å²) in [6.07, 6.45) is 3.61. The van der Waals surface area contributed by atoms with Gasteiger partial charge in [0.15, 0.2) is 0 Å². The van der Waals surface area contributed by atoms with Crippen molar-refractivity contribution in [2.75, 3.05) is 19.8 Å². The number of hydrogen-bond acceptors (Lipinski definition) is 3. The lowest BCUT2D eigenvalue weighted by Gasteiger charge is -2.04. The smallest absolute Gasteiger partial charge is 0.0590 e. The Morgan fingerprint density at radius 3 is 2.85 bits per heavy atom. The van der Waals surface area contributed by atoms with Gasteiger partial charge in [-0.3, -0.25) is 4.98 Å². The molecule has 0 aliphatic heterocycles. The zero-order chi connectivity index (χ0) is 9.36. The highest BCUT2D eigenvalue weighted by atomic mass is 16.5. The minimum Gasteiger partial charge on any atom is -0.380 e. The number of nitrogens with zero attached hydrogens (tertiary/aromatic N) is 1. The molecule has 0 aliphatic rings. The van der Waals surface area contributed by atoms with Crippen LogP contribution < -0.4 is 5.32 Å². The quantitative estimate of drug-likeness (QED) is 0.668. The molecule has 0 atom stereocenters. The zero-order valence-corrected chi connectivity index (χ0v) is 7.99. The van der Waals surface area contributed by atoms with E-state index in [1.807, 2.05) is 19.1 Å². The maximum absolute atomic E-state index is 5.20. The Bertz CT molecular complexity index is 213. The molecule has 0 amide bonds. The molecule has 0 unspecified atom stereocenters. The minimum absolute atomic E-state index is 0.779. The Morgan fingerprint density at radius 2 is 2.15 bits per heavy atom. The second kappa shape index (κ2) is 6.57. The molecule has 0 aliphatic carbocycles. The highest BCUT2D eigenvalue weighted by Crippen LogP contribution is 1.93. The first kappa shape index (κ1) is 10.2. The lowest BCUT2D eigenvalue weighted by Crippen LogP contribution is -2.19. The van der Waals surface area contributed by atoms with Crippen LogP contribution in [0.4, 0.5) is 0 Å². The van der Waals surface area contributed by atoms with E-state index < -0.39 is 0 Å². The topological polar surface area (TPSA) is 34.1 Å². The van der Waals surface area contributed by atoms with E-state index in [-0.39, 0.29) is 0 Å². The summed E-state index contributed by atoms with van der Waals surface area (Å²) in [5.41, 5.74) is 1.26. The van der Waals surface area contributed by atoms with Crippen LogP contribution in [0.25, 0.3) is 0 Å². The van der Waals surface area contributed by atoms with E-state index in [2.05, 4.69) is 10.3 Å². The van der Waals surface area contributed by atoms with Gasteiger partial charge in [-0.25, -0.2) is 0 Å². The van der Waals surface area contributed by atoms with Gasteiger partial charge < -0.3 is 10.1 Å². The predicted octanol–water partition coefficient (Wildman–Crippen LogP) is 1.21. The number of aromatic nitrogens is 1. The summed E-state index contributed by atoms with van der Waals surface area (Å²) in [7, 11) is 0. The van der Waals surface area contributed by atoms with Crippen molar-refractivity contribution in [1.29, 1.82) is 0 Å². The van der Waals surface area contributed by atoms with Crippen molar-refractivity contribution in [3.8, 4) is 0 Å². The SMILES string of the molecule is CCOCCNCc1ccncc1. The van der Waals surface area contributed by atoms with E-state index >= 15 is 0 Å². The molecular weight excluding hydrogens is 164 g/mol. The third kappa shape index (κ3) is 4.60. The molecule has 1 aromatic rings. The molecule has 0 radical (unpaired) electrons. The number of ether oxygens (including phenoxy) is 1. The molecule has 72 valence electrons. The third-order valence-electron chi connectivity index (χ3n) is 1.71. The molecule has 1 aromatic heterocycles. The Balaban J connectivity index is 2.07. The first-order chi connectivity index (χ1) is 6.43. The summed E-state index contributed by atoms with van der Waals surface area (Å²) in [5, 5.41) is 3.28. The van der Waals surface area contributed by atoms with Crippen LogP contribution in [0.2, 0.25) is 0 Å². The van der Waals surface area contributed by atoms with Gasteiger partial charge in [-0.1, -0.05) is 0 Å². The number of pyridine rings is 1. The van der Waals surface area contributed by atoms with Crippen molar-refractivity contribution in [3.63, 3.8) is 0 Å². The first-order valence-corrected chi connectivity index (χ1v) is 4.61. The summed E-state index contributed by atoms with van der Waals surface area (Å²) >= 11 is 0. The molecule has 0 saturated carbocycles. The monoisotopic (exact) mass is 180 g/mol. The van der Waals surface area contributed by atoms with E-state index in [4.69, 9.17) is 4.74 Å². The van der Waals surface area contributed by atoms with Gasteiger partial charge in [-0.2, -0.15) is 0 Å². The van der Waals surface area contributed by atoms with Crippen molar-refractivity contribution >= 4 is 0 Å². The van der Waals surface area contributed by atoms with Crippen LogP contribution in [-0.4, -0.2) is 24.7 Å². The highest BCUT2D eigenvalue weighted by Gasteiger charge is 1.90. The Kier molecular flexibility index (Phi) is 5.13. The molecule has 1 rings (SSSR count). The van der Waals surface area contributed by atoms with Gasteiger partial charge >= 0.3 is 0 Å². The average molecular weight is 180 g/mol. The fourth-order valence-electron chi connectivity index (χ4n) is 1.02. The molecule has 0 fully saturated rings. The molecule has 0 aromatic carbocycles. The molecule has 1 heterocycles. The fraction of sp³-hybridized carbons (Fsp3) is 0.500. The summed E-state index contributed by atoms with van der Waals surface area (Å²) in [6.45, 7) is 5.35. The summed E-state index contributed by atoms with van der Waals surface area (Å²) in [6, 6.07) is 4.02. The fourth-order valence-corrected chi connectivity index (χ4v) is 1.02. The van der Waals surface area contributed by atoms with Gasteiger partial charge in [0.05, 0.1) is 6.61 Å². The van der Waals surface area contributed by atoms with Crippen LogP contribution in [0.5, 0.6) is 0 Å². The molecule has 3 nitrogen and oxygen atoms in total. The zero-order valence-electron chi connectivity index (χ0n) is 7.99. The number of rotatable bonds is 6. The van der Waals surface area contributed by atoms with Gasteiger partial charge in [0.1, 0.15) is 0 Å². The van der Waals surface area contributed by atoms with Crippen molar-refractivity contribution in [2.45, 2.75) is 13.5 Å². The lowest BCUT2D eigenvalue weighted by molar-refractivity contribution is 0.149. The van der Waals surface area contributed by atoms with Crippen molar-refractivity contribution < 1.29 is 4.74 Å². The van der Waals surface area contributed by atoms with E-state index in [0.29, 0.717) is 0 Å². The normalized spacial score (nSPS) is 10.2. The average Bonchev–Trinajstić information content (AvgIpc) is 2.19. The number of nitrogens with one attached hydrogen (secondary N) is 1. The summed E-state index contributed by atoms with van der Waals surface area (Å²) in [4.78, 5) is 3.95. The van der Waals surface area contributed by atoms with Gasteiger partial charge in [0.2, 0.25) is 0 Å². The largest absolute Gasteiger partial charge is 0.380 e. The van der Waals surface area contributed by atoms with E-state index in [9.17, 15) is 0 Å². The van der Waals surface area contributed by atoms with E-state index in [1.165, 1.54) is 5.56 Å². The van der Waals surface area contributed by atoms with E-state index in [1.54, 1.807) is 12.4 Å². The Hall–Kier alpha value is -0.930. The Labute approximate surface area is 79.1 Å². The summed E-state index contributed by atoms with van der Waals surface area (Å²) < 4.78 is 5.20. The molecule has 13 heavy (non-hydrogen) atoms. The summed E-state index contributed by atoms with van der Waals surface area (Å²) in [5.74, 6) is 0. The maximum atomic E-state index is 5.20. The molecule has 0 saturated heterocycles. The second-order valence-corrected chi connectivity index (χ2v) is 2.73. The van der Waals surface area contributed by atoms with Crippen LogP contribution in [0, 0.1) is 0 Å². The molecule has 0 spiro atoms. The lowest BCUT2D eigenvalue weighted by atomic mass is 10.3. The van der Waals surface area contributed by atoms with Gasteiger partial charge in [0, 0.05) is 32.1 Å². The standard InChI is InChI=1S/C10H16N2O/c1-2-13-8-7-12-9-10-3-5-11-6-4-10/h3-6,12H,2,7-9H2,1H3. The van der Waals surface area contributed by atoms with Crippen molar-refractivity contribution in [2.24, 2.45) is 0 Å². The van der Waals surface area contributed by atoms with E-state index in [0.717, 1.165) is 26.3 Å². The van der Waals surface area contributed by atoms with Gasteiger partial charge in [-0.15, -0.1) is 0 Å². The first-order valence-electron chi connectivity index (χ1n) is 4.61. The molecular formula is C10H16N2O.